The van der Waals surface area contributed by atoms with E-state index in [0.29, 0.717) is 23.7 Å². The molecule has 1 aliphatic heterocycles. The van der Waals surface area contributed by atoms with Crippen molar-refractivity contribution in [1.29, 1.82) is 0 Å². The highest BCUT2D eigenvalue weighted by molar-refractivity contribution is 6.01. The average Bonchev–Trinajstić information content (AvgIpc) is 3.17. The van der Waals surface area contributed by atoms with Crippen LogP contribution in [0.15, 0.2) is 23.8 Å². The summed E-state index contributed by atoms with van der Waals surface area (Å²) in [5, 5.41) is 0. The van der Waals surface area contributed by atoms with Crippen LogP contribution in [0.3, 0.4) is 0 Å². The molecule has 0 bridgehead atoms. The van der Waals surface area contributed by atoms with Crippen molar-refractivity contribution < 1.29 is 14.3 Å². The Morgan fingerprint density at radius 1 is 1.08 bits per heavy atom. The zero-order valence-electron chi connectivity index (χ0n) is 15.7. The van der Waals surface area contributed by atoms with Crippen LogP contribution in [0.4, 0.5) is 0 Å². The summed E-state index contributed by atoms with van der Waals surface area (Å²) < 4.78 is 12.5. The Morgan fingerprint density at radius 2 is 1.80 bits per heavy atom. The van der Waals surface area contributed by atoms with E-state index in [0.717, 1.165) is 26.1 Å². The highest BCUT2D eigenvalue weighted by Crippen LogP contribution is 2.69. The number of rotatable bonds is 0. The van der Waals surface area contributed by atoms with Crippen LogP contribution in [0.2, 0.25) is 0 Å². The van der Waals surface area contributed by atoms with Gasteiger partial charge in [0.05, 0.1) is 13.2 Å². The van der Waals surface area contributed by atoms with Crippen LogP contribution in [0, 0.1) is 34.5 Å². The molecule has 5 rings (SSSR count). The first kappa shape index (κ1) is 16.3. The van der Waals surface area contributed by atoms with E-state index in [1.54, 1.807) is 0 Å². The molecular weight excluding hydrogens is 312 g/mol. The first-order chi connectivity index (χ1) is 11.9. The third-order valence-electron chi connectivity index (χ3n) is 8.70. The van der Waals surface area contributed by atoms with E-state index >= 15 is 0 Å². The zero-order chi connectivity index (χ0) is 17.4. The van der Waals surface area contributed by atoms with Crippen molar-refractivity contribution in [3.63, 3.8) is 0 Å². The first-order valence-electron chi connectivity index (χ1n) is 10.1. The summed E-state index contributed by atoms with van der Waals surface area (Å²) in [5.74, 6) is 2.49. The molecule has 0 N–H and O–H groups in total. The van der Waals surface area contributed by atoms with Gasteiger partial charge in [-0.15, -0.1) is 0 Å². The predicted octanol–water partition coefficient (Wildman–Crippen LogP) is 4.28. The van der Waals surface area contributed by atoms with Gasteiger partial charge in [0.15, 0.2) is 11.6 Å². The second-order valence-corrected chi connectivity index (χ2v) is 9.60. The fourth-order valence-corrected chi connectivity index (χ4v) is 7.44. The van der Waals surface area contributed by atoms with Crippen molar-refractivity contribution in [2.24, 2.45) is 34.5 Å². The summed E-state index contributed by atoms with van der Waals surface area (Å²) >= 11 is 0. The fourth-order valence-electron chi connectivity index (χ4n) is 7.44. The van der Waals surface area contributed by atoms with Crippen LogP contribution in [0.5, 0.6) is 0 Å². The number of hydrogen-bond acceptors (Lipinski definition) is 3. The molecule has 5 aliphatic rings. The summed E-state index contributed by atoms with van der Waals surface area (Å²) in [6, 6.07) is 0. The van der Waals surface area contributed by atoms with E-state index in [1.807, 2.05) is 12.2 Å². The maximum absolute atomic E-state index is 11.9. The Hall–Kier alpha value is -0.930. The number of fused-ring (bicyclic) bond motifs is 6. The average molecular weight is 342 g/mol. The van der Waals surface area contributed by atoms with Gasteiger partial charge >= 0.3 is 0 Å². The molecule has 1 spiro atoms. The third kappa shape index (κ3) is 1.92. The van der Waals surface area contributed by atoms with Crippen molar-refractivity contribution in [2.45, 2.75) is 58.7 Å². The Bertz CT molecular complexity index is 671. The molecule has 1 saturated heterocycles. The van der Waals surface area contributed by atoms with Gasteiger partial charge in [0.1, 0.15) is 0 Å². The Labute approximate surface area is 150 Å². The van der Waals surface area contributed by atoms with Crippen molar-refractivity contribution in [1.82, 2.24) is 0 Å². The van der Waals surface area contributed by atoms with E-state index in [2.05, 4.69) is 26.8 Å². The molecule has 25 heavy (non-hydrogen) atoms. The van der Waals surface area contributed by atoms with Gasteiger partial charge in [0, 0.05) is 17.3 Å². The number of ether oxygens (including phenoxy) is 2. The van der Waals surface area contributed by atoms with Crippen molar-refractivity contribution in [3.8, 4) is 0 Å². The second kappa shape index (κ2) is 5.07. The van der Waals surface area contributed by atoms with Gasteiger partial charge in [0.25, 0.3) is 0 Å². The third-order valence-corrected chi connectivity index (χ3v) is 8.70. The monoisotopic (exact) mass is 342 g/mol. The molecule has 136 valence electrons. The Morgan fingerprint density at radius 3 is 2.56 bits per heavy atom. The van der Waals surface area contributed by atoms with Gasteiger partial charge in [-0.25, -0.2) is 0 Å². The van der Waals surface area contributed by atoms with E-state index in [9.17, 15) is 4.79 Å². The van der Waals surface area contributed by atoms with Gasteiger partial charge in [-0.05, 0) is 61.5 Å². The van der Waals surface area contributed by atoms with Crippen LogP contribution < -0.4 is 0 Å². The summed E-state index contributed by atoms with van der Waals surface area (Å²) in [7, 11) is 0. The summed E-state index contributed by atoms with van der Waals surface area (Å²) in [5.41, 5.74) is 1.59. The van der Waals surface area contributed by atoms with E-state index in [-0.39, 0.29) is 22.4 Å². The largest absolute Gasteiger partial charge is 0.347 e. The summed E-state index contributed by atoms with van der Waals surface area (Å²) in [4.78, 5) is 11.9. The molecule has 0 aromatic carbocycles. The van der Waals surface area contributed by atoms with Crippen LogP contribution in [0.1, 0.15) is 52.9 Å². The van der Waals surface area contributed by atoms with Crippen molar-refractivity contribution in [3.05, 3.63) is 23.8 Å². The van der Waals surface area contributed by atoms with Gasteiger partial charge in [-0.2, -0.15) is 0 Å². The van der Waals surface area contributed by atoms with Crippen LogP contribution in [-0.2, 0) is 14.3 Å². The van der Waals surface area contributed by atoms with Gasteiger partial charge < -0.3 is 9.47 Å². The molecule has 4 fully saturated rings. The number of carbonyl (C=O) groups is 1. The molecule has 0 unspecified atom stereocenters. The lowest BCUT2D eigenvalue weighted by molar-refractivity contribution is -0.244. The Kier molecular flexibility index (Phi) is 3.30. The summed E-state index contributed by atoms with van der Waals surface area (Å²) in [6.45, 7) is 8.73. The molecular formula is C22H30O3. The van der Waals surface area contributed by atoms with Gasteiger partial charge in [-0.1, -0.05) is 32.4 Å². The quantitative estimate of drug-likeness (QED) is 0.659. The van der Waals surface area contributed by atoms with E-state index < -0.39 is 0 Å². The molecule has 0 amide bonds. The topological polar surface area (TPSA) is 35.5 Å². The van der Waals surface area contributed by atoms with Crippen LogP contribution in [0.25, 0.3) is 0 Å². The van der Waals surface area contributed by atoms with Crippen molar-refractivity contribution in [2.75, 3.05) is 13.2 Å². The number of ketones is 1. The first-order valence-corrected chi connectivity index (χ1v) is 10.1. The number of hydrogen-bond donors (Lipinski definition) is 0. The fraction of sp³-hybridized carbons (Fsp3) is 0.773. The number of carbonyl (C=O) groups excluding carboxylic acids is 1. The molecule has 3 nitrogen and oxygen atoms in total. The minimum atomic E-state index is -0.322. The SMILES string of the molecule is C[C@@H]1CC2=CC(=O)C=C[C@]2(C)[C@@H]2CC[C@]3(C)[C@H](CCC34OCCO4)[C@H]12. The van der Waals surface area contributed by atoms with Crippen LogP contribution >= 0.6 is 0 Å². The van der Waals surface area contributed by atoms with Crippen molar-refractivity contribution >= 4 is 5.78 Å². The van der Waals surface area contributed by atoms with E-state index in [1.165, 1.54) is 24.8 Å². The molecule has 0 aromatic rings. The van der Waals surface area contributed by atoms with Gasteiger partial charge in [0.2, 0.25) is 0 Å². The molecule has 0 aromatic heterocycles. The van der Waals surface area contributed by atoms with Gasteiger partial charge in [-0.3, -0.25) is 4.79 Å². The van der Waals surface area contributed by atoms with Crippen LogP contribution in [-0.4, -0.2) is 24.8 Å². The molecule has 4 aliphatic carbocycles. The smallest absolute Gasteiger partial charge is 0.178 e. The minimum absolute atomic E-state index is 0.0690. The maximum Gasteiger partial charge on any atom is 0.178 e. The lowest BCUT2D eigenvalue weighted by atomic mass is 9.46. The molecule has 3 heteroatoms. The minimum Gasteiger partial charge on any atom is -0.347 e. The molecule has 0 radical (unpaired) electrons. The zero-order valence-corrected chi connectivity index (χ0v) is 15.7. The Balaban J connectivity index is 1.54. The highest BCUT2D eigenvalue weighted by atomic mass is 16.7. The maximum atomic E-state index is 11.9. The lowest BCUT2D eigenvalue weighted by Crippen LogP contribution is -2.56. The number of allylic oxidation sites excluding steroid dienone is 4. The van der Waals surface area contributed by atoms with E-state index in [4.69, 9.17) is 9.47 Å². The second-order valence-electron chi connectivity index (χ2n) is 9.60. The predicted molar refractivity (Wildman–Crippen MR) is 95.8 cm³/mol. The molecule has 3 saturated carbocycles. The lowest BCUT2D eigenvalue weighted by Gasteiger charge is -2.59. The molecule has 1 heterocycles. The standard InChI is InChI=1S/C22H30O3/c1-14-12-15-13-16(23)4-7-20(15,2)17-5-8-21(3)18(19(14)17)6-9-22(21)24-10-11-25-22/h4,7,13-14,17-19H,5-6,8-12H2,1-3H3/t14-,17-,18-,19-,20+,21-/m1/s1. The molecule has 6 atom stereocenters. The summed E-state index contributed by atoms with van der Waals surface area (Å²) in [6.07, 6.45) is 11.7. The highest BCUT2D eigenvalue weighted by Gasteiger charge is 2.67. The normalized spacial score (nSPS) is 50.4.